The van der Waals surface area contributed by atoms with E-state index in [1.165, 1.54) is 12.5 Å². The Hall–Kier alpha value is -2.62. The first-order valence-electron chi connectivity index (χ1n) is 7.34. The Bertz CT molecular complexity index is 645. The molecule has 0 aliphatic heterocycles. The highest BCUT2D eigenvalue weighted by Crippen LogP contribution is 2.15. The minimum Gasteiger partial charge on any atom is -0.326 e. The molecule has 4 nitrogen and oxygen atoms in total. The molecule has 0 spiro atoms. The van der Waals surface area contributed by atoms with Crippen molar-refractivity contribution in [2.45, 2.75) is 20.8 Å². The van der Waals surface area contributed by atoms with Crippen molar-refractivity contribution in [1.82, 2.24) is 0 Å². The van der Waals surface area contributed by atoms with Gasteiger partial charge in [-0.1, -0.05) is 29.8 Å². The molecule has 114 valence electrons. The normalized spacial score (nSPS) is 10.7. The molecule has 4 heteroatoms. The number of hydrogen-bond donors (Lipinski definition) is 1. The Balaban J connectivity index is 2.08. The van der Waals surface area contributed by atoms with Gasteiger partial charge in [0.1, 0.15) is 0 Å². The molecule has 2 aromatic carbocycles. The molecule has 0 heterocycles. The molecular formula is C18H21N3O. The number of hydrogen-bond acceptors (Lipinski definition) is 3. The van der Waals surface area contributed by atoms with Crippen LogP contribution in [-0.2, 0) is 4.79 Å². The SMILES string of the molecule is CCN(/N=C/c1ccc(NC(C)=O)cc1)c1ccc(C)cc1. The maximum Gasteiger partial charge on any atom is 0.221 e. The predicted molar refractivity (Wildman–Crippen MR) is 92.5 cm³/mol. The third-order valence-corrected chi connectivity index (χ3v) is 3.21. The zero-order valence-corrected chi connectivity index (χ0v) is 13.2. The lowest BCUT2D eigenvalue weighted by atomic mass is 10.2. The first-order chi connectivity index (χ1) is 10.6. The maximum absolute atomic E-state index is 11.0. The van der Waals surface area contributed by atoms with E-state index in [1.807, 2.05) is 35.5 Å². The van der Waals surface area contributed by atoms with E-state index in [2.05, 4.69) is 48.5 Å². The summed E-state index contributed by atoms with van der Waals surface area (Å²) in [6.45, 7) is 6.43. The molecular weight excluding hydrogens is 274 g/mol. The summed E-state index contributed by atoms with van der Waals surface area (Å²) in [6.07, 6.45) is 1.82. The molecule has 0 aliphatic carbocycles. The number of aryl methyl sites for hydroxylation is 1. The van der Waals surface area contributed by atoms with Gasteiger partial charge in [-0.25, -0.2) is 0 Å². The molecule has 0 saturated carbocycles. The Morgan fingerprint density at radius 2 is 1.77 bits per heavy atom. The smallest absolute Gasteiger partial charge is 0.221 e. The van der Waals surface area contributed by atoms with E-state index in [-0.39, 0.29) is 5.91 Å². The zero-order valence-electron chi connectivity index (χ0n) is 13.2. The first-order valence-corrected chi connectivity index (χ1v) is 7.34. The average molecular weight is 295 g/mol. The minimum atomic E-state index is -0.0713. The van der Waals surface area contributed by atoms with Crippen molar-refractivity contribution >= 4 is 23.5 Å². The van der Waals surface area contributed by atoms with Crippen LogP contribution in [0, 0.1) is 6.92 Å². The third kappa shape index (κ3) is 4.45. The van der Waals surface area contributed by atoms with Crippen molar-refractivity contribution in [3.05, 3.63) is 59.7 Å². The fraction of sp³-hybridized carbons (Fsp3) is 0.222. The standard InChI is InChI=1S/C18H21N3O/c1-4-21(18-11-5-14(2)6-12-18)19-13-16-7-9-17(10-8-16)20-15(3)22/h5-13H,4H2,1-3H3,(H,20,22)/b19-13+. The van der Waals surface area contributed by atoms with Gasteiger partial charge in [-0.2, -0.15) is 5.10 Å². The monoisotopic (exact) mass is 295 g/mol. The minimum absolute atomic E-state index is 0.0713. The van der Waals surface area contributed by atoms with Crippen LogP contribution in [0.15, 0.2) is 53.6 Å². The number of nitrogens with one attached hydrogen (secondary N) is 1. The van der Waals surface area contributed by atoms with Gasteiger partial charge in [-0.05, 0) is 43.7 Å². The van der Waals surface area contributed by atoms with Crippen LogP contribution in [0.25, 0.3) is 0 Å². The number of hydrazone groups is 1. The van der Waals surface area contributed by atoms with Crippen LogP contribution >= 0.6 is 0 Å². The molecule has 22 heavy (non-hydrogen) atoms. The third-order valence-electron chi connectivity index (χ3n) is 3.21. The number of amides is 1. The van der Waals surface area contributed by atoms with Crippen LogP contribution in [-0.4, -0.2) is 18.7 Å². The molecule has 0 aliphatic rings. The topological polar surface area (TPSA) is 44.7 Å². The fourth-order valence-electron chi connectivity index (χ4n) is 2.04. The van der Waals surface area contributed by atoms with E-state index < -0.39 is 0 Å². The maximum atomic E-state index is 11.0. The molecule has 1 amide bonds. The molecule has 0 saturated heterocycles. The fourth-order valence-corrected chi connectivity index (χ4v) is 2.04. The van der Waals surface area contributed by atoms with E-state index in [1.54, 1.807) is 0 Å². The van der Waals surface area contributed by atoms with Crippen LogP contribution < -0.4 is 10.3 Å². The molecule has 1 N–H and O–H groups in total. The van der Waals surface area contributed by atoms with Crippen molar-refractivity contribution in [2.24, 2.45) is 5.10 Å². The lowest BCUT2D eigenvalue weighted by Gasteiger charge is -2.16. The van der Waals surface area contributed by atoms with E-state index in [0.717, 1.165) is 23.5 Å². The van der Waals surface area contributed by atoms with Gasteiger partial charge in [0.25, 0.3) is 0 Å². The number of anilines is 2. The van der Waals surface area contributed by atoms with Gasteiger partial charge >= 0.3 is 0 Å². The van der Waals surface area contributed by atoms with Crippen molar-refractivity contribution in [3.63, 3.8) is 0 Å². The van der Waals surface area contributed by atoms with Gasteiger partial charge in [0.05, 0.1) is 11.9 Å². The largest absolute Gasteiger partial charge is 0.326 e. The Kier molecular flexibility index (Phi) is 5.31. The zero-order chi connectivity index (χ0) is 15.9. The van der Waals surface area contributed by atoms with Crippen molar-refractivity contribution in [2.75, 3.05) is 16.9 Å². The Morgan fingerprint density at radius 1 is 1.14 bits per heavy atom. The summed E-state index contributed by atoms with van der Waals surface area (Å²) >= 11 is 0. The van der Waals surface area contributed by atoms with Gasteiger partial charge in [-0.3, -0.25) is 9.80 Å². The predicted octanol–water partition coefficient (Wildman–Crippen LogP) is 3.81. The van der Waals surface area contributed by atoms with Gasteiger partial charge in [0.2, 0.25) is 5.91 Å². The molecule has 0 fully saturated rings. The summed E-state index contributed by atoms with van der Waals surface area (Å²) in [6, 6.07) is 15.9. The second-order valence-electron chi connectivity index (χ2n) is 5.10. The molecule has 0 bridgehead atoms. The first kappa shape index (κ1) is 15.8. The summed E-state index contributed by atoms with van der Waals surface area (Å²) in [5.41, 5.74) is 4.08. The molecule has 2 aromatic rings. The van der Waals surface area contributed by atoms with Crippen LogP contribution in [0.2, 0.25) is 0 Å². The molecule has 2 rings (SSSR count). The van der Waals surface area contributed by atoms with E-state index in [4.69, 9.17) is 0 Å². The number of benzene rings is 2. The summed E-state index contributed by atoms with van der Waals surface area (Å²) < 4.78 is 0. The van der Waals surface area contributed by atoms with E-state index >= 15 is 0 Å². The highest BCUT2D eigenvalue weighted by molar-refractivity contribution is 5.89. The molecule has 0 atom stereocenters. The summed E-state index contributed by atoms with van der Waals surface area (Å²) in [5.74, 6) is -0.0713. The van der Waals surface area contributed by atoms with Crippen LogP contribution in [0.3, 0.4) is 0 Å². The van der Waals surface area contributed by atoms with Crippen LogP contribution in [0.1, 0.15) is 25.0 Å². The highest BCUT2D eigenvalue weighted by atomic mass is 16.1. The van der Waals surface area contributed by atoms with Gasteiger partial charge in [-0.15, -0.1) is 0 Å². The lowest BCUT2D eigenvalue weighted by molar-refractivity contribution is -0.114. The van der Waals surface area contributed by atoms with Crippen molar-refractivity contribution < 1.29 is 4.79 Å². The Morgan fingerprint density at radius 3 is 2.32 bits per heavy atom. The number of carbonyl (C=O) groups is 1. The number of rotatable bonds is 5. The average Bonchev–Trinajstić information content (AvgIpc) is 2.50. The highest BCUT2D eigenvalue weighted by Gasteiger charge is 2.01. The molecule has 0 aromatic heterocycles. The second kappa shape index (κ2) is 7.41. The van der Waals surface area contributed by atoms with Gasteiger partial charge in [0, 0.05) is 19.2 Å². The number of carbonyl (C=O) groups excluding carboxylic acids is 1. The Labute approximate surface area is 131 Å². The summed E-state index contributed by atoms with van der Waals surface area (Å²) in [5, 5.41) is 9.21. The van der Waals surface area contributed by atoms with Gasteiger partial charge < -0.3 is 5.32 Å². The lowest BCUT2D eigenvalue weighted by Crippen LogP contribution is -2.15. The summed E-state index contributed by atoms with van der Waals surface area (Å²) in [4.78, 5) is 11.0. The van der Waals surface area contributed by atoms with Crippen molar-refractivity contribution in [3.8, 4) is 0 Å². The van der Waals surface area contributed by atoms with Crippen LogP contribution in [0.5, 0.6) is 0 Å². The summed E-state index contributed by atoms with van der Waals surface area (Å²) in [7, 11) is 0. The number of nitrogens with zero attached hydrogens (tertiary/aromatic N) is 2. The van der Waals surface area contributed by atoms with Crippen LogP contribution in [0.4, 0.5) is 11.4 Å². The van der Waals surface area contributed by atoms with Crippen molar-refractivity contribution in [1.29, 1.82) is 0 Å². The second-order valence-corrected chi connectivity index (χ2v) is 5.10. The molecule has 0 radical (unpaired) electrons. The van der Waals surface area contributed by atoms with E-state index in [9.17, 15) is 4.79 Å². The van der Waals surface area contributed by atoms with E-state index in [0.29, 0.717) is 0 Å². The quantitative estimate of drug-likeness (QED) is 0.673. The van der Waals surface area contributed by atoms with Gasteiger partial charge in [0.15, 0.2) is 0 Å². The molecule has 0 unspecified atom stereocenters.